The number of carbonyl (C=O) groups is 1. The van der Waals surface area contributed by atoms with E-state index in [0.29, 0.717) is 5.92 Å². The van der Waals surface area contributed by atoms with Crippen LogP contribution >= 0.6 is 0 Å². The summed E-state index contributed by atoms with van der Waals surface area (Å²) in [6.45, 7) is 4.13. The molecule has 0 heterocycles. The number of hydrogen-bond acceptors (Lipinski definition) is 6. The molecular weight excluding hydrogens is 368 g/mol. The van der Waals surface area contributed by atoms with E-state index < -0.39 is 24.3 Å². The molecule has 0 saturated heterocycles. The van der Waals surface area contributed by atoms with E-state index in [2.05, 4.69) is 5.32 Å². The van der Waals surface area contributed by atoms with Crippen molar-refractivity contribution in [1.29, 1.82) is 0 Å². The molecule has 6 nitrogen and oxygen atoms in total. The molecule has 4 atom stereocenters. The highest BCUT2D eigenvalue weighted by Crippen LogP contribution is 2.27. The minimum absolute atomic E-state index is 0.0153. The topological polar surface area (TPSA) is 105 Å². The monoisotopic (exact) mass is 406 g/mol. The van der Waals surface area contributed by atoms with Gasteiger partial charge in [-0.3, -0.25) is 4.79 Å². The van der Waals surface area contributed by atoms with Gasteiger partial charge in [-0.1, -0.05) is 76.3 Å². The lowest BCUT2D eigenvalue weighted by molar-refractivity contribution is -0.149. The molecule has 29 heavy (non-hydrogen) atoms. The third-order valence-corrected chi connectivity index (χ3v) is 5.85. The van der Waals surface area contributed by atoms with Crippen molar-refractivity contribution < 1.29 is 19.7 Å². The Kier molecular flexibility index (Phi) is 10.1. The molecule has 6 heteroatoms. The molecule has 2 rings (SSSR count). The average Bonchev–Trinajstić information content (AvgIpc) is 2.72. The SMILES string of the molecule is CC(C)C(NC[C@H](O)[C@H](O)[C@@H](N)CC1CCCCC1)C(=O)OCc1ccccc1. The molecule has 0 aromatic heterocycles. The molecule has 0 radical (unpaired) electrons. The lowest BCUT2D eigenvalue weighted by Crippen LogP contribution is -2.51. The van der Waals surface area contributed by atoms with Crippen molar-refractivity contribution in [3.8, 4) is 0 Å². The zero-order valence-corrected chi connectivity index (χ0v) is 17.8. The molecule has 1 unspecified atom stereocenters. The number of rotatable bonds is 11. The molecule has 1 saturated carbocycles. The van der Waals surface area contributed by atoms with E-state index in [-0.39, 0.29) is 25.0 Å². The minimum atomic E-state index is -1.03. The Balaban J connectivity index is 1.79. The van der Waals surface area contributed by atoms with Crippen LogP contribution in [0.1, 0.15) is 57.9 Å². The summed E-state index contributed by atoms with van der Waals surface area (Å²) < 4.78 is 5.42. The molecule has 0 spiro atoms. The Hall–Kier alpha value is -1.47. The largest absolute Gasteiger partial charge is 0.460 e. The summed E-state index contributed by atoms with van der Waals surface area (Å²) in [6, 6.07) is 8.49. The predicted molar refractivity (Wildman–Crippen MR) is 114 cm³/mol. The fraction of sp³-hybridized carbons (Fsp3) is 0.696. The molecule has 5 N–H and O–H groups in total. The van der Waals surface area contributed by atoms with E-state index in [9.17, 15) is 15.0 Å². The average molecular weight is 407 g/mol. The second kappa shape index (κ2) is 12.3. The van der Waals surface area contributed by atoms with Gasteiger partial charge < -0.3 is 26.0 Å². The van der Waals surface area contributed by atoms with Gasteiger partial charge in [0.2, 0.25) is 0 Å². The van der Waals surface area contributed by atoms with Crippen LogP contribution in [0, 0.1) is 11.8 Å². The van der Waals surface area contributed by atoms with Gasteiger partial charge >= 0.3 is 5.97 Å². The molecule has 1 aromatic carbocycles. The van der Waals surface area contributed by atoms with Gasteiger partial charge in [-0.25, -0.2) is 0 Å². The van der Waals surface area contributed by atoms with Crippen LogP contribution in [0.25, 0.3) is 0 Å². The maximum Gasteiger partial charge on any atom is 0.323 e. The molecule has 164 valence electrons. The predicted octanol–water partition coefficient (Wildman–Crippen LogP) is 2.36. The first kappa shape index (κ1) is 23.8. The Morgan fingerprint density at radius 1 is 1.17 bits per heavy atom. The van der Waals surface area contributed by atoms with Crippen LogP contribution in [0.2, 0.25) is 0 Å². The molecule has 0 bridgehead atoms. The van der Waals surface area contributed by atoms with Gasteiger partial charge in [0.05, 0.1) is 12.2 Å². The maximum absolute atomic E-state index is 12.5. The summed E-state index contributed by atoms with van der Waals surface area (Å²) in [5.74, 6) is 0.153. The smallest absolute Gasteiger partial charge is 0.323 e. The van der Waals surface area contributed by atoms with Crippen molar-refractivity contribution in [2.24, 2.45) is 17.6 Å². The first-order valence-corrected chi connectivity index (χ1v) is 10.9. The van der Waals surface area contributed by atoms with Crippen LogP contribution in [0.4, 0.5) is 0 Å². The van der Waals surface area contributed by atoms with E-state index in [4.69, 9.17) is 10.5 Å². The number of nitrogens with one attached hydrogen (secondary N) is 1. The Labute approximate surface area is 174 Å². The molecular formula is C23H38N2O4. The number of carbonyl (C=O) groups excluding carboxylic acids is 1. The molecule has 1 aliphatic rings. The fourth-order valence-corrected chi connectivity index (χ4v) is 4.01. The summed E-state index contributed by atoms with van der Waals surface area (Å²) >= 11 is 0. The number of esters is 1. The lowest BCUT2D eigenvalue weighted by Gasteiger charge is -2.30. The zero-order valence-electron chi connectivity index (χ0n) is 17.8. The molecule has 0 amide bonds. The second-order valence-electron chi connectivity index (χ2n) is 8.68. The summed E-state index contributed by atoms with van der Waals surface area (Å²) in [5.41, 5.74) is 7.08. The minimum Gasteiger partial charge on any atom is -0.460 e. The summed E-state index contributed by atoms with van der Waals surface area (Å²) in [6.07, 6.45) is 4.70. The number of aliphatic hydroxyl groups is 2. The van der Waals surface area contributed by atoms with Gasteiger partial charge in [-0.05, 0) is 23.8 Å². The number of benzene rings is 1. The zero-order chi connectivity index (χ0) is 21.2. The van der Waals surface area contributed by atoms with Crippen LogP contribution < -0.4 is 11.1 Å². The van der Waals surface area contributed by atoms with E-state index in [0.717, 1.165) is 24.8 Å². The van der Waals surface area contributed by atoms with Crippen molar-refractivity contribution >= 4 is 5.97 Å². The van der Waals surface area contributed by atoms with Gasteiger partial charge in [-0.2, -0.15) is 0 Å². The number of nitrogens with two attached hydrogens (primary N) is 1. The molecule has 0 aliphatic heterocycles. The Morgan fingerprint density at radius 2 is 1.83 bits per heavy atom. The first-order valence-electron chi connectivity index (χ1n) is 10.9. The summed E-state index contributed by atoms with van der Waals surface area (Å²) in [5, 5.41) is 23.9. The van der Waals surface area contributed by atoms with Crippen LogP contribution in [0.15, 0.2) is 30.3 Å². The van der Waals surface area contributed by atoms with Crippen LogP contribution in [0.3, 0.4) is 0 Å². The van der Waals surface area contributed by atoms with Crippen molar-refractivity contribution in [1.82, 2.24) is 5.32 Å². The molecule has 1 fully saturated rings. The highest BCUT2D eigenvalue weighted by molar-refractivity contribution is 5.76. The lowest BCUT2D eigenvalue weighted by atomic mass is 9.83. The summed E-state index contributed by atoms with van der Waals surface area (Å²) in [7, 11) is 0. The molecule has 1 aliphatic carbocycles. The van der Waals surface area contributed by atoms with Gasteiger partial charge in [0.25, 0.3) is 0 Å². The summed E-state index contributed by atoms with van der Waals surface area (Å²) in [4.78, 5) is 12.5. The van der Waals surface area contributed by atoms with E-state index in [1.54, 1.807) is 0 Å². The van der Waals surface area contributed by atoms with E-state index in [1.807, 2.05) is 44.2 Å². The van der Waals surface area contributed by atoms with Gasteiger partial charge in [0.15, 0.2) is 0 Å². The second-order valence-corrected chi connectivity index (χ2v) is 8.68. The van der Waals surface area contributed by atoms with E-state index in [1.165, 1.54) is 19.3 Å². The Bertz CT molecular complexity index is 590. The van der Waals surface area contributed by atoms with Crippen LogP contribution in [0.5, 0.6) is 0 Å². The number of ether oxygens (including phenoxy) is 1. The van der Waals surface area contributed by atoms with Crippen molar-refractivity contribution in [2.45, 2.75) is 83.3 Å². The van der Waals surface area contributed by atoms with Crippen molar-refractivity contribution in [3.05, 3.63) is 35.9 Å². The van der Waals surface area contributed by atoms with Crippen molar-refractivity contribution in [3.63, 3.8) is 0 Å². The highest BCUT2D eigenvalue weighted by Gasteiger charge is 2.29. The third-order valence-electron chi connectivity index (χ3n) is 5.85. The van der Waals surface area contributed by atoms with Gasteiger partial charge in [0, 0.05) is 12.6 Å². The normalized spacial score (nSPS) is 19.5. The van der Waals surface area contributed by atoms with Crippen LogP contribution in [-0.4, -0.2) is 47.0 Å². The number of hydrogen-bond donors (Lipinski definition) is 4. The van der Waals surface area contributed by atoms with Crippen molar-refractivity contribution in [2.75, 3.05) is 6.54 Å². The Morgan fingerprint density at radius 3 is 2.45 bits per heavy atom. The fourth-order valence-electron chi connectivity index (χ4n) is 4.01. The molecule has 1 aromatic rings. The first-order chi connectivity index (χ1) is 13.9. The van der Waals surface area contributed by atoms with Crippen LogP contribution in [-0.2, 0) is 16.1 Å². The third kappa shape index (κ3) is 8.05. The van der Waals surface area contributed by atoms with Gasteiger partial charge in [0.1, 0.15) is 12.6 Å². The number of aliphatic hydroxyl groups excluding tert-OH is 2. The maximum atomic E-state index is 12.5. The quantitative estimate of drug-likeness (QED) is 0.421. The standard InChI is InChI=1S/C23H38N2O4/c1-16(2)21(23(28)29-15-18-11-7-4-8-12-18)25-14-20(26)22(27)19(24)13-17-9-5-3-6-10-17/h4,7-8,11-12,16-17,19-22,25-27H,3,5-6,9-10,13-15,24H2,1-2H3/t19-,20-,21?,22+/m0/s1. The van der Waals surface area contributed by atoms with Gasteiger partial charge in [-0.15, -0.1) is 0 Å². The van der Waals surface area contributed by atoms with E-state index >= 15 is 0 Å². The highest BCUT2D eigenvalue weighted by atomic mass is 16.5.